The summed E-state index contributed by atoms with van der Waals surface area (Å²) in [7, 11) is 1.83. The van der Waals surface area contributed by atoms with E-state index in [9.17, 15) is 4.39 Å². The van der Waals surface area contributed by atoms with Gasteiger partial charge in [-0.15, -0.1) is 0 Å². The molecule has 1 aromatic heterocycles. The average Bonchev–Trinajstić information content (AvgIpc) is 2.35. The summed E-state index contributed by atoms with van der Waals surface area (Å²) in [5, 5.41) is 3.15. The fraction of sp³-hybridized carbons (Fsp3) is 0.267. The van der Waals surface area contributed by atoms with Crippen LogP contribution < -0.4 is 5.32 Å². The summed E-state index contributed by atoms with van der Waals surface area (Å²) in [5.41, 5.74) is 3.75. The first kappa shape index (κ1) is 12.7. The molecule has 2 nitrogen and oxygen atoms in total. The third kappa shape index (κ3) is 2.57. The lowest BCUT2D eigenvalue weighted by Gasteiger charge is -2.18. The molecule has 2 rings (SSSR count). The van der Waals surface area contributed by atoms with Crippen molar-refractivity contribution in [3.05, 3.63) is 64.7 Å². The summed E-state index contributed by atoms with van der Waals surface area (Å²) in [6.07, 6.45) is 3.57. The first-order valence-electron chi connectivity index (χ1n) is 5.96. The van der Waals surface area contributed by atoms with Gasteiger partial charge in [-0.25, -0.2) is 4.39 Å². The summed E-state index contributed by atoms with van der Waals surface area (Å²) < 4.78 is 13.9. The second kappa shape index (κ2) is 5.27. The lowest BCUT2D eigenvalue weighted by molar-refractivity contribution is 0.574. The number of hydrogen-bond donors (Lipinski definition) is 1. The van der Waals surface area contributed by atoms with Crippen LogP contribution >= 0.6 is 0 Å². The predicted octanol–water partition coefficient (Wildman–Crippen LogP) is 3.15. The third-order valence-corrected chi connectivity index (χ3v) is 2.98. The molecule has 2 aromatic rings. The molecular formula is C15H17FN2. The van der Waals surface area contributed by atoms with Crippen molar-refractivity contribution < 1.29 is 4.39 Å². The molecule has 3 heteroatoms. The monoisotopic (exact) mass is 244 g/mol. The van der Waals surface area contributed by atoms with Crippen LogP contribution in [0.25, 0.3) is 0 Å². The number of benzene rings is 1. The van der Waals surface area contributed by atoms with Crippen molar-refractivity contribution in [1.29, 1.82) is 0 Å². The first-order chi connectivity index (χ1) is 8.61. The molecule has 0 bridgehead atoms. The van der Waals surface area contributed by atoms with E-state index in [1.165, 1.54) is 6.07 Å². The van der Waals surface area contributed by atoms with Crippen molar-refractivity contribution in [2.24, 2.45) is 0 Å². The van der Waals surface area contributed by atoms with Crippen LogP contribution in [0.3, 0.4) is 0 Å². The zero-order valence-corrected chi connectivity index (χ0v) is 10.9. The Kier molecular flexibility index (Phi) is 3.72. The summed E-state index contributed by atoms with van der Waals surface area (Å²) >= 11 is 0. The Morgan fingerprint density at radius 2 is 1.89 bits per heavy atom. The number of hydrogen-bond acceptors (Lipinski definition) is 2. The number of aryl methyl sites for hydroxylation is 2. The van der Waals surface area contributed by atoms with Gasteiger partial charge in [0.1, 0.15) is 5.82 Å². The number of pyridine rings is 1. The molecule has 18 heavy (non-hydrogen) atoms. The number of rotatable bonds is 3. The highest BCUT2D eigenvalue weighted by Gasteiger charge is 2.16. The van der Waals surface area contributed by atoms with Crippen molar-refractivity contribution in [2.45, 2.75) is 19.9 Å². The fourth-order valence-electron chi connectivity index (χ4n) is 2.12. The zero-order valence-electron chi connectivity index (χ0n) is 10.9. The van der Waals surface area contributed by atoms with Crippen LogP contribution in [-0.2, 0) is 0 Å². The van der Waals surface area contributed by atoms with Gasteiger partial charge in [-0.05, 0) is 38.1 Å². The third-order valence-electron chi connectivity index (χ3n) is 2.98. The normalized spacial score (nSPS) is 12.4. The van der Waals surface area contributed by atoms with Crippen LogP contribution in [0.5, 0.6) is 0 Å². The molecule has 94 valence electrons. The molecule has 1 unspecified atom stereocenters. The van der Waals surface area contributed by atoms with Crippen LogP contribution in [0.2, 0.25) is 0 Å². The number of nitrogens with one attached hydrogen (secondary N) is 1. The molecule has 0 fully saturated rings. The predicted molar refractivity (Wildman–Crippen MR) is 71.0 cm³/mol. The molecule has 1 N–H and O–H groups in total. The van der Waals surface area contributed by atoms with Crippen molar-refractivity contribution in [3.8, 4) is 0 Å². The summed E-state index contributed by atoms with van der Waals surface area (Å²) in [6, 6.07) is 7.02. The number of aromatic nitrogens is 1. The largest absolute Gasteiger partial charge is 0.309 e. The molecule has 0 amide bonds. The summed E-state index contributed by atoms with van der Waals surface area (Å²) in [4.78, 5) is 4.17. The van der Waals surface area contributed by atoms with Crippen molar-refractivity contribution in [3.63, 3.8) is 0 Å². The molecule has 1 heterocycles. The highest BCUT2D eigenvalue weighted by Crippen LogP contribution is 2.25. The van der Waals surface area contributed by atoms with Gasteiger partial charge in [0.2, 0.25) is 0 Å². The Balaban J connectivity index is 2.48. The molecule has 0 radical (unpaired) electrons. The number of nitrogens with zero attached hydrogens (tertiary/aromatic N) is 1. The molecule has 1 aromatic carbocycles. The minimum Gasteiger partial charge on any atom is -0.309 e. The van der Waals surface area contributed by atoms with Gasteiger partial charge in [0, 0.05) is 18.0 Å². The molecule has 0 saturated carbocycles. The minimum absolute atomic E-state index is 0.169. The van der Waals surface area contributed by atoms with Crippen LogP contribution in [0, 0.1) is 19.7 Å². The maximum absolute atomic E-state index is 13.9. The van der Waals surface area contributed by atoms with E-state index in [4.69, 9.17) is 0 Å². The van der Waals surface area contributed by atoms with Gasteiger partial charge < -0.3 is 5.32 Å². The molecule has 1 atom stereocenters. The van der Waals surface area contributed by atoms with Crippen LogP contribution in [0.15, 0.2) is 36.7 Å². The van der Waals surface area contributed by atoms with Crippen molar-refractivity contribution in [1.82, 2.24) is 10.3 Å². The standard InChI is InChI=1S/C15H17FN2/c1-10-4-5-14(16)13(7-10)15(17-3)12-6-11(2)8-18-9-12/h4-9,15,17H,1-3H3. The van der Waals surface area contributed by atoms with E-state index < -0.39 is 0 Å². The molecule has 0 aliphatic rings. The maximum Gasteiger partial charge on any atom is 0.128 e. The molecular weight excluding hydrogens is 227 g/mol. The van der Waals surface area contributed by atoms with Gasteiger partial charge >= 0.3 is 0 Å². The van der Waals surface area contributed by atoms with Crippen molar-refractivity contribution in [2.75, 3.05) is 7.05 Å². The Bertz CT molecular complexity index is 552. The molecule has 0 aliphatic carbocycles. The minimum atomic E-state index is -0.193. The molecule has 0 spiro atoms. The molecule has 0 saturated heterocycles. The SMILES string of the molecule is CNC(c1cncc(C)c1)c1cc(C)ccc1F. The second-order valence-corrected chi connectivity index (χ2v) is 4.54. The van der Waals surface area contributed by atoms with Crippen molar-refractivity contribution >= 4 is 0 Å². The van der Waals surface area contributed by atoms with Gasteiger partial charge in [-0.3, -0.25) is 4.98 Å². The van der Waals surface area contributed by atoms with Crippen LogP contribution in [0.4, 0.5) is 4.39 Å². The topological polar surface area (TPSA) is 24.9 Å². The fourth-order valence-corrected chi connectivity index (χ4v) is 2.12. The van der Waals surface area contributed by atoms with Crippen LogP contribution in [-0.4, -0.2) is 12.0 Å². The van der Waals surface area contributed by atoms with E-state index in [0.29, 0.717) is 5.56 Å². The van der Waals surface area contributed by atoms with Gasteiger partial charge in [-0.1, -0.05) is 23.8 Å². The second-order valence-electron chi connectivity index (χ2n) is 4.54. The summed E-state index contributed by atoms with van der Waals surface area (Å²) in [6.45, 7) is 3.94. The van der Waals surface area contributed by atoms with E-state index in [-0.39, 0.29) is 11.9 Å². The highest BCUT2D eigenvalue weighted by atomic mass is 19.1. The average molecular weight is 244 g/mol. The highest BCUT2D eigenvalue weighted by molar-refractivity contribution is 5.35. The van der Waals surface area contributed by atoms with E-state index in [0.717, 1.165) is 16.7 Å². The first-order valence-corrected chi connectivity index (χ1v) is 5.96. The van der Waals surface area contributed by atoms with E-state index >= 15 is 0 Å². The van der Waals surface area contributed by atoms with E-state index in [2.05, 4.69) is 10.3 Å². The zero-order chi connectivity index (χ0) is 13.1. The van der Waals surface area contributed by atoms with Gasteiger partial charge in [-0.2, -0.15) is 0 Å². The Morgan fingerprint density at radius 1 is 1.11 bits per heavy atom. The van der Waals surface area contributed by atoms with E-state index in [1.807, 2.05) is 33.0 Å². The Labute approximate surface area is 107 Å². The summed E-state index contributed by atoms with van der Waals surface area (Å²) in [5.74, 6) is -0.193. The quantitative estimate of drug-likeness (QED) is 0.897. The van der Waals surface area contributed by atoms with Gasteiger partial charge in [0.25, 0.3) is 0 Å². The van der Waals surface area contributed by atoms with Gasteiger partial charge in [0.15, 0.2) is 0 Å². The lowest BCUT2D eigenvalue weighted by atomic mass is 9.97. The van der Waals surface area contributed by atoms with Crippen LogP contribution in [0.1, 0.15) is 28.3 Å². The van der Waals surface area contributed by atoms with Gasteiger partial charge in [0.05, 0.1) is 6.04 Å². The molecule has 0 aliphatic heterocycles. The maximum atomic E-state index is 13.9. The van der Waals surface area contributed by atoms with E-state index in [1.54, 1.807) is 18.5 Å². The smallest absolute Gasteiger partial charge is 0.128 e. The number of halogens is 1. The lowest BCUT2D eigenvalue weighted by Crippen LogP contribution is -2.19. The Morgan fingerprint density at radius 3 is 2.56 bits per heavy atom. The Hall–Kier alpha value is -1.74.